The Morgan fingerprint density at radius 1 is 0.310 bits per heavy atom. The maximum Gasteiger partial charge on any atom is 0.305 e. The van der Waals surface area contributed by atoms with E-state index in [4.69, 9.17) is 37.9 Å². The van der Waals surface area contributed by atoms with E-state index in [0.29, 0.717) is 103 Å². The molecule has 492 valence electrons. The van der Waals surface area contributed by atoms with Crippen LogP contribution in [0, 0.1) is 21.7 Å². The standard InChI is InChI=1S/C70H130N2O12/c1-9-17-21-25-29-33-47-77-65(78-48-34-30-26-22-18-10-2)43-41-63(75)83-59-69-52-67(57-81-61(73)39-37-45-71(13-5)14-6)51-68(53-69,58-82-62(74)40-38-46-72(15-7)16-8)55-70(54-67,56-69)60-84-64(76)42-44-66(79-49-35-31-27-23-19-11-3)80-50-36-32-28-24-20-12-4/h65-66H,9-60H2,1-8H3. The van der Waals surface area contributed by atoms with Crippen LogP contribution in [0.5, 0.6) is 0 Å². The van der Waals surface area contributed by atoms with E-state index in [1.807, 2.05) is 0 Å². The highest BCUT2D eigenvalue weighted by molar-refractivity contribution is 5.70. The Balaban J connectivity index is 1.87. The van der Waals surface area contributed by atoms with Crippen molar-refractivity contribution in [1.29, 1.82) is 0 Å². The second-order valence-corrected chi connectivity index (χ2v) is 26.5. The molecule has 0 heterocycles. The van der Waals surface area contributed by atoms with Crippen LogP contribution >= 0.6 is 0 Å². The molecule has 0 N–H and O–H groups in total. The molecule has 4 aliphatic rings. The highest BCUT2D eigenvalue weighted by atomic mass is 16.7. The smallest absolute Gasteiger partial charge is 0.305 e. The lowest BCUT2D eigenvalue weighted by atomic mass is 9.36. The summed E-state index contributed by atoms with van der Waals surface area (Å²) in [5, 5.41) is 0. The first-order valence-electron chi connectivity index (χ1n) is 35.3. The van der Waals surface area contributed by atoms with Crippen LogP contribution in [0.2, 0.25) is 0 Å². The van der Waals surface area contributed by atoms with Gasteiger partial charge in [0.15, 0.2) is 12.6 Å². The molecule has 4 fully saturated rings. The molecule has 84 heavy (non-hydrogen) atoms. The Morgan fingerprint density at radius 3 is 0.774 bits per heavy atom. The summed E-state index contributed by atoms with van der Waals surface area (Å²) in [4.78, 5) is 60.2. The van der Waals surface area contributed by atoms with Gasteiger partial charge in [0.25, 0.3) is 0 Å². The number of carbonyl (C=O) groups excluding carboxylic acids is 4. The summed E-state index contributed by atoms with van der Waals surface area (Å²) in [6, 6.07) is 0. The van der Waals surface area contributed by atoms with Gasteiger partial charge in [0, 0.05) is 73.8 Å². The molecular formula is C70H130N2O12. The first-order chi connectivity index (χ1) is 40.8. The maximum atomic E-state index is 14.1. The van der Waals surface area contributed by atoms with Gasteiger partial charge in [0.05, 0.1) is 39.3 Å². The first-order valence-corrected chi connectivity index (χ1v) is 35.3. The summed E-state index contributed by atoms with van der Waals surface area (Å²) in [6.45, 7) is 26.0. The van der Waals surface area contributed by atoms with Gasteiger partial charge in [-0.15, -0.1) is 0 Å². The fourth-order valence-corrected chi connectivity index (χ4v) is 14.6. The first kappa shape index (κ1) is 75.9. The van der Waals surface area contributed by atoms with E-state index < -0.39 is 34.2 Å². The zero-order valence-electron chi connectivity index (χ0n) is 55.7. The van der Waals surface area contributed by atoms with Crippen molar-refractivity contribution in [3.05, 3.63) is 0 Å². The summed E-state index contributed by atoms with van der Waals surface area (Å²) < 4.78 is 50.8. The normalized spacial score (nSPS) is 20.9. The van der Waals surface area contributed by atoms with Gasteiger partial charge in [0.2, 0.25) is 0 Å². The van der Waals surface area contributed by atoms with Crippen LogP contribution in [-0.2, 0) is 57.1 Å². The Kier molecular flexibility index (Phi) is 41.4. The van der Waals surface area contributed by atoms with Crippen LogP contribution in [0.4, 0.5) is 0 Å². The van der Waals surface area contributed by atoms with E-state index >= 15 is 0 Å². The molecule has 0 amide bonds. The molecule has 0 aliphatic heterocycles. The Morgan fingerprint density at radius 2 is 0.536 bits per heavy atom. The zero-order chi connectivity index (χ0) is 61.0. The van der Waals surface area contributed by atoms with Crippen LogP contribution < -0.4 is 0 Å². The Labute approximate surface area is 514 Å². The van der Waals surface area contributed by atoms with Crippen LogP contribution in [0.15, 0.2) is 0 Å². The molecule has 0 atom stereocenters. The molecule has 14 heteroatoms. The van der Waals surface area contributed by atoms with Crippen LogP contribution in [0.3, 0.4) is 0 Å². The van der Waals surface area contributed by atoms with Crippen molar-refractivity contribution in [3.63, 3.8) is 0 Å². The van der Waals surface area contributed by atoms with Crippen LogP contribution in [-0.4, -0.2) is 138 Å². The minimum Gasteiger partial charge on any atom is -0.465 e. The zero-order valence-corrected chi connectivity index (χ0v) is 55.7. The molecular weight excluding hydrogens is 1060 g/mol. The van der Waals surface area contributed by atoms with Gasteiger partial charge in [-0.3, -0.25) is 19.2 Å². The molecule has 0 unspecified atom stereocenters. The Hall–Kier alpha value is -2.36. The number of hydrogen-bond acceptors (Lipinski definition) is 14. The molecule has 0 aromatic rings. The number of ether oxygens (including phenoxy) is 8. The number of esters is 4. The Bertz CT molecular complexity index is 1520. The molecule has 4 aliphatic carbocycles. The number of nitrogens with zero attached hydrogens (tertiary/aromatic N) is 2. The fourth-order valence-electron chi connectivity index (χ4n) is 14.6. The molecule has 0 saturated heterocycles. The topological polar surface area (TPSA) is 149 Å². The van der Waals surface area contributed by atoms with E-state index in [-0.39, 0.29) is 63.1 Å². The molecule has 4 bridgehead atoms. The quantitative estimate of drug-likeness (QED) is 0.0246. The van der Waals surface area contributed by atoms with Crippen molar-refractivity contribution in [3.8, 4) is 0 Å². The van der Waals surface area contributed by atoms with E-state index in [1.165, 1.54) is 103 Å². The SMILES string of the molecule is CCCCCCCCOC(CCC(=O)OCC12CC3(COC(=O)CCCN(CC)CC)CC(COC(=O)CCCN(CC)CC)(C1)CC(COC(=O)CCC(OCCCCCCCC)OCCCCCCCC)(C3)C2)OCCCCCCCC. The molecule has 0 radical (unpaired) electrons. The lowest BCUT2D eigenvalue weighted by molar-refractivity contribution is -0.249. The van der Waals surface area contributed by atoms with Gasteiger partial charge < -0.3 is 47.7 Å². The highest BCUT2D eigenvalue weighted by Crippen LogP contribution is 2.74. The largest absolute Gasteiger partial charge is 0.465 e. The molecule has 0 aromatic carbocycles. The molecule has 0 aromatic heterocycles. The van der Waals surface area contributed by atoms with Gasteiger partial charge >= 0.3 is 23.9 Å². The summed E-state index contributed by atoms with van der Waals surface area (Å²) in [5.41, 5.74) is -2.06. The summed E-state index contributed by atoms with van der Waals surface area (Å²) in [7, 11) is 0. The van der Waals surface area contributed by atoms with E-state index in [9.17, 15) is 19.2 Å². The number of carbonyl (C=O) groups is 4. The summed E-state index contributed by atoms with van der Waals surface area (Å²) in [6.07, 6.45) is 34.4. The highest BCUT2D eigenvalue weighted by Gasteiger charge is 2.69. The predicted molar refractivity (Wildman–Crippen MR) is 339 cm³/mol. The van der Waals surface area contributed by atoms with Gasteiger partial charge in [-0.1, -0.05) is 184 Å². The number of hydrogen-bond donors (Lipinski definition) is 0. The fraction of sp³-hybridized carbons (Fsp3) is 0.943. The second-order valence-electron chi connectivity index (χ2n) is 26.5. The van der Waals surface area contributed by atoms with E-state index in [0.717, 1.165) is 90.6 Å². The van der Waals surface area contributed by atoms with Gasteiger partial charge in [-0.2, -0.15) is 0 Å². The molecule has 0 spiro atoms. The predicted octanol–water partition coefficient (Wildman–Crippen LogP) is 16.5. The second kappa shape index (κ2) is 45.8. The average molecular weight is 1190 g/mol. The van der Waals surface area contributed by atoms with Crippen molar-refractivity contribution in [2.45, 2.75) is 312 Å². The lowest BCUT2D eigenvalue weighted by Crippen LogP contribution is -2.65. The van der Waals surface area contributed by atoms with Crippen molar-refractivity contribution in [2.24, 2.45) is 21.7 Å². The minimum atomic E-state index is -0.525. The molecule has 4 rings (SSSR count). The number of rotatable bonds is 58. The van der Waals surface area contributed by atoms with Crippen molar-refractivity contribution < 1.29 is 57.1 Å². The minimum absolute atomic E-state index is 0.162. The van der Waals surface area contributed by atoms with E-state index in [2.05, 4.69) is 65.2 Å². The van der Waals surface area contributed by atoms with Crippen molar-refractivity contribution in [1.82, 2.24) is 9.80 Å². The monoisotopic (exact) mass is 1190 g/mol. The van der Waals surface area contributed by atoms with Crippen molar-refractivity contribution in [2.75, 3.05) is 92.1 Å². The average Bonchev–Trinajstić information content (AvgIpc) is 0.734. The summed E-state index contributed by atoms with van der Waals surface area (Å²) >= 11 is 0. The van der Waals surface area contributed by atoms with Crippen LogP contribution in [0.1, 0.15) is 299 Å². The maximum absolute atomic E-state index is 14.1. The third-order valence-electron chi connectivity index (χ3n) is 18.5. The van der Waals surface area contributed by atoms with Gasteiger partial charge in [-0.25, -0.2) is 0 Å². The number of unbranched alkanes of at least 4 members (excludes halogenated alkanes) is 20. The third kappa shape index (κ3) is 32.2. The van der Waals surface area contributed by atoms with Gasteiger partial charge in [-0.05, 0) is 116 Å². The molecule has 14 nitrogen and oxygen atoms in total. The summed E-state index contributed by atoms with van der Waals surface area (Å²) in [5.74, 6) is -1.02. The third-order valence-corrected chi connectivity index (χ3v) is 18.5. The van der Waals surface area contributed by atoms with Crippen LogP contribution in [0.25, 0.3) is 0 Å². The lowest BCUT2D eigenvalue weighted by Gasteiger charge is -2.69. The van der Waals surface area contributed by atoms with E-state index in [1.54, 1.807) is 0 Å². The van der Waals surface area contributed by atoms with Crippen molar-refractivity contribution >= 4 is 23.9 Å². The van der Waals surface area contributed by atoms with Gasteiger partial charge in [0.1, 0.15) is 0 Å². The molecule has 4 saturated carbocycles.